The molecule has 0 aromatic heterocycles. The van der Waals surface area contributed by atoms with Crippen molar-refractivity contribution in [2.24, 2.45) is 0 Å². The largest absolute Gasteiger partial charge is 1.00 e. The van der Waals surface area contributed by atoms with Crippen molar-refractivity contribution >= 4 is 97.6 Å². The summed E-state index contributed by atoms with van der Waals surface area (Å²) in [7, 11) is -7.38. The van der Waals surface area contributed by atoms with Gasteiger partial charge in [-0.05, 0) is 122 Å². The van der Waals surface area contributed by atoms with Crippen molar-refractivity contribution in [3.05, 3.63) is 12.2 Å². The average molecular weight is 1990 g/mol. The summed E-state index contributed by atoms with van der Waals surface area (Å²) in [6, 6.07) is 0. The van der Waals surface area contributed by atoms with Crippen LogP contribution in [0.1, 0.15) is 542 Å². The molecule has 0 radical (unpaired) electrons. The maximum atomic E-state index is 11.3. The molecule has 20 nitrogen and oxygen atoms in total. The molecule has 772 valence electrons. The molecule has 2 aliphatic heterocycles. The van der Waals surface area contributed by atoms with Gasteiger partial charge in [0.25, 0.3) is 10.1 Å². The Balaban J connectivity index is -0.000000284. The Labute approximate surface area is 841 Å². The van der Waals surface area contributed by atoms with E-state index in [0.717, 1.165) is 190 Å². The van der Waals surface area contributed by atoms with Crippen LogP contribution in [0.2, 0.25) is 0 Å². The zero-order valence-corrected chi connectivity index (χ0v) is 89.9. The number of carbonyl (C=O) groups is 5. The van der Waals surface area contributed by atoms with Crippen LogP contribution in [0.5, 0.6) is 0 Å². The van der Waals surface area contributed by atoms with Crippen LogP contribution >= 0.6 is 46.4 Å². The van der Waals surface area contributed by atoms with Crippen LogP contribution in [0.15, 0.2) is 12.2 Å². The number of cyclic esters (lactones) is 2. The maximum absolute atomic E-state index is 11.3. The number of carboxylic acids is 1. The first-order chi connectivity index (χ1) is 62.7. The number of hydrogen-bond acceptors (Lipinski definition) is 18. The number of halogens is 4. The number of aliphatic carboxylic acids is 1. The summed E-state index contributed by atoms with van der Waals surface area (Å²) in [5.74, 6) is 1.77. The molecule has 27 heteroatoms. The number of alkyl halides is 4. The second-order valence-corrected chi connectivity index (χ2v) is 39.4. The van der Waals surface area contributed by atoms with Crippen LogP contribution in [-0.4, -0.2) is 155 Å². The molecule has 130 heavy (non-hydrogen) atoms. The number of hydrogen-bond donors (Lipinski definition) is 6. The number of carboxylic acid groups (broad SMARTS) is 1. The smallest absolute Gasteiger partial charge is 1.00 e. The third-order valence-corrected chi connectivity index (χ3v) is 25.6. The van der Waals surface area contributed by atoms with Crippen LogP contribution in [0.4, 0.5) is 0 Å². The molecule has 6 atom stereocenters. The van der Waals surface area contributed by atoms with Gasteiger partial charge in [-0.3, -0.25) is 4.55 Å². The van der Waals surface area contributed by atoms with E-state index < -0.39 is 38.2 Å². The van der Waals surface area contributed by atoms with Gasteiger partial charge in [0.05, 0.1) is 12.2 Å². The Kier molecular flexibility index (Phi) is 129. The first-order valence-electron chi connectivity index (χ1n) is 52.7. The van der Waals surface area contributed by atoms with Crippen LogP contribution in [-0.2, 0) is 63.6 Å². The molecule has 0 amide bonds. The Morgan fingerprint density at radius 1 is 0.346 bits per heavy atom. The van der Waals surface area contributed by atoms with Crippen molar-refractivity contribution in [3.63, 3.8) is 0 Å². The van der Waals surface area contributed by atoms with Gasteiger partial charge in [-0.1, -0.05) is 418 Å². The van der Waals surface area contributed by atoms with Crippen molar-refractivity contribution in [2.75, 3.05) is 37.1 Å². The van der Waals surface area contributed by atoms with Gasteiger partial charge < -0.3 is 55.5 Å². The van der Waals surface area contributed by atoms with E-state index >= 15 is 0 Å². The third kappa shape index (κ3) is 125. The molecule has 0 saturated carbocycles. The average Bonchev–Trinajstić information content (AvgIpc) is 1.80. The number of unbranched alkanes of at least 4 members (excludes halogenated alkanes) is 65. The molecule has 2 fully saturated rings. The summed E-state index contributed by atoms with van der Waals surface area (Å²) in [5, 5.41) is 45.9. The van der Waals surface area contributed by atoms with Crippen molar-refractivity contribution in [1.82, 2.24) is 0 Å². The first kappa shape index (κ1) is 140. The minimum absolute atomic E-state index is 0. The van der Waals surface area contributed by atoms with Gasteiger partial charge in [0.2, 0.25) is 0 Å². The number of aliphatic hydroxyl groups is 4. The van der Waals surface area contributed by atoms with Gasteiger partial charge in [-0.25, -0.2) is 14.4 Å². The molecule has 2 saturated heterocycles. The molecule has 0 bridgehead atoms. The minimum Gasteiger partial charge on any atom is -1.00 e. The Morgan fingerprint density at radius 3 is 0.785 bits per heavy atom. The molecule has 6 unspecified atom stereocenters. The van der Waals surface area contributed by atoms with Gasteiger partial charge >= 0.3 is 58.1 Å². The molecular weight excluding hydrogens is 1790 g/mol. The van der Waals surface area contributed by atoms with E-state index in [2.05, 4.69) is 26.0 Å². The normalized spacial score (nSPS) is 14.2. The molecular formula is C103H199Cl4NaO20S2. The standard InChI is InChI=1S/C27H50O4.C18H33ClO3.C17H33ClO3.C16H33ClO4S.C16H31ClO.C9H18O2.Na.O3S.H/c1-2-3-21-25(28)22-19-17-15-13-11-9-7-5-4-6-8-10-12-14-16-18-20-23-26-27(29)31-24-30-26;19-15-13-11-9-7-5-3-1-2-4-6-8-10-12-14-17-18(20)22-16-21-17;18-15-13-11-9-7-5-3-1-2-4-6-8-10-12-14-16(19)17(20)21;17-15-13-11-9-7-5-3-1-2-4-6-8-10-12-14-16(18)22(19,20)21;17-15-13-11-9-7-5-3-1-2-4-6-8-10-12-14-16-18;1-2-3-6-9(11)7-4-5-8-10;;1-4(2)3;/h13,15,25-26,28H,2-12,14,16-24H2,1H3;17H,1-16H2;16,19H,1-15H2,(H,20,21);16,18H,1-15H2,(H,19,20,21);16H,1-15H2;8-9,11H,2-7H2,1H3;;;/q;;;;;;+1;;-1/b15-13+;;;;;;;;. The molecule has 0 aromatic rings. The topological polar surface area (TPSA) is 329 Å². The number of carbonyl (C=O) groups excluding carboxylic acids is 4. The number of rotatable bonds is 91. The van der Waals surface area contributed by atoms with Crippen molar-refractivity contribution in [2.45, 2.75) is 576 Å². The second kappa shape index (κ2) is 120. The van der Waals surface area contributed by atoms with E-state index in [1.165, 1.54) is 347 Å². The summed E-state index contributed by atoms with van der Waals surface area (Å²) >= 11 is 22.6. The SMILES string of the molecule is CCCCC(O)CCC/C=C/CCCCCCCCCCCCCCC1OCOC1=O.CCCCC(O)CCCC=O.O=C(O)C(O)CCCCCCCCCCCCCCCCl.O=C1OCOC1CCCCCCCCCCCCCCCCl.O=CCCCCCCCCCCCCCCCCl.O=S(=O)(O)C(O)CCCCCCCCCCCCCCCCl.O=S(=O)=O.[H-].[Na+]. The molecule has 2 aliphatic rings. The quantitative estimate of drug-likeness (QED) is 0.00627. The summed E-state index contributed by atoms with van der Waals surface area (Å²) < 4.78 is 75.1. The van der Waals surface area contributed by atoms with E-state index in [-0.39, 0.29) is 87.3 Å². The van der Waals surface area contributed by atoms with Crippen LogP contribution in [0, 0.1) is 0 Å². The summed E-state index contributed by atoms with van der Waals surface area (Å²) in [6.45, 7) is 4.58. The monoisotopic (exact) mass is 1980 g/mol. The van der Waals surface area contributed by atoms with Gasteiger partial charge in [-0.2, -0.15) is 8.42 Å². The van der Waals surface area contributed by atoms with E-state index in [0.29, 0.717) is 19.3 Å². The fraction of sp³-hybridized carbons (Fsp3) is 0.932. The third-order valence-electron chi connectivity index (χ3n) is 23.6. The first-order valence-corrected chi connectivity index (χ1v) is 57.3. The number of aliphatic hydroxyl groups excluding tert-OH is 4. The van der Waals surface area contributed by atoms with Crippen LogP contribution < -0.4 is 29.6 Å². The summed E-state index contributed by atoms with van der Waals surface area (Å²) in [6.07, 6.45) is 102. The van der Waals surface area contributed by atoms with E-state index in [1.54, 1.807) is 0 Å². The van der Waals surface area contributed by atoms with Gasteiger partial charge in [-0.15, -0.1) is 59.0 Å². The van der Waals surface area contributed by atoms with Gasteiger partial charge in [0, 0.05) is 36.4 Å². The fourth-order valence-corrected chi connectivity index (χ4v) is 16.6. The Hall–Kier alpha value is -1.06. The predicted molar refractivity (Wildman–Crippen MR) is 540 cm³/mol. The molecule has 2 rings (SSSR count). The number of aldehydes is 2. The maximum Gasteiger partial charge on any atom is 1.00 e. The van der Waals surface area contributed by atoms with E-state index in [1.807, 2.05) is 0 Å². The van der Waals surface area contributed by atoms with Crippen molar-refractivity contribution in [1.29, 1.82) is 0 Å². The zero-order valence-electron chi connectivity index (χ0n) is 84.2. The summed E-state index contributed by atoms with van der Waals surface area (Å²) in [5.41, 5.74) is -1.61. The molecule has 2 heterocycles. The fourth-order valence-electron chi connectivity index (χ4n) is 15.4. The summed E-state index contributed by atoms with van der Waals surface area (Å²) in [4.78, 5) is 52.9. The molecule has 0 spiro atoms. The number of allylic oxidation sites excluding steroid dienone is 2. The number of ether oxygens (including phenoxy) is 4. The van der Waals surface area contributed by atoms with Gasteiger partial charge in [0.15, 0.2) is 37.3 Å². The Morgan fingerprint density at radius 2 is 0.554 bits per heavy atom. The minimum atomic E-state index is -4.27. The number of esters is 2. The zero-order chi connectivity index (χ0) is 96.2. The second-order valence-electron chi connectivity index (χ2n) is 35.9. The van der Waals surface area contributed by atoms with Crippen molar-refractivity contribution in [3.8, 4) is 0 Å². The van der Waals surface area contributed by atoms with Gasteiger partial charge in [0.1, 0.15) is 12.6 Å². The van der Waals surface area contributed by atoms with Crippen LogP contribution in [0.25, 0.3) is 0 Å². The van der Waals surface area contributed by atoms with E-state index in [9.17, 15) is 42.6 Å². The van der Waals surface area contributed by atoms with Crippen molar-refractivity contribution < 1.29 is 125 Å². The van der Waals surface area contributed by atoms with Crippen LogP contribution in [0.3, 0.4) is 0 Å². The molecule has 6 N–H and O–H groups in total. The Bertz CT molecular complexity index is 2540. The molecule has 0 aliphatic carbocycles. The molecule has 0 aromatic carbocycles. The van der Waals surface area contributed by atoms with E-state index in [4.69, 9.17) is 97.9 Å². The predicted octanol–water partition coefficient (Wildman–Crippen LogP) is 27.1.